The summed E-state index contributed by atoms with van der Waals surface area (Å²) < 4.78 is 18.2. The van der Waals surface area contributed by atoms with E-state index in [1.165, 1.54) is 12.1 Å². The highest BCUT2D eigenvalue weighted by atomic mass is 19.1. The van der Waals surface area contributed by atoms with Crippen molar-refractivity contribution in [3.8, 4) is 11.3 Å². The van der Waals surface area contributed by atoms with E-state index in [4.69, 9.17) is 15.4 Å². The minimum atomic E-state index is -0.311. The molecule has 0 aliphatic carbocycles. The normalized spacial score (nSPS) is 11.8. The highest BCUT2D eigenvalue weighted by molar-refractivity contribution is 5.98. The van der Waals surface area contributed by atoms with Crippen molar-refractivity contribution in [2.75, 3.05) is 0 Å². The van der Waals surface area contributed by atoms with Crippen molar-refractivity contribution < 1.29 is 14.0 Å². The van der Waals surface area contributed by atoms with Gasteiger partial charge in [0.1, 0.15) is 17.3 Å². The molecule has 0 aliphatic heterocycles. The molecule has 3 N–H and O–H groups in total. The Bertz CT molecular complexity index is 558. The summed E-state index contributed by atoms with van der Waals surface area (Å²) >= 11 is 0. The van der Waals surface area contributed by atoms with E-state index in [0.29, 0.717) is 17.1 Å². The third-order valence-corrected chi connectivity index (χ3v) is 2.43. The van der Waals surface area contributed by atoms with Gasteiger partial charge in [-0.15, -0.1) is 0 Å². The van der Waals surface area contributed by atoms with Crippen LogP contribution in [0.25, 0.3) is 11.3 Å². The van der Waals surface area contributed by atoms with Gasteiger partial charge in [-0.3, -0.25) is 0 Å². The Morgan fingerprint density at radius 1 is 1.35 bits per heavy atom. The Hall–Kier alpha value is -2.30. The molecule has 0 radical (unpaired) electrons. The summed E-state index contributed by atoms with van der Waals surface area (Å²) in [6, 6.07) is 7.54. The molecular weight excluding hydrogens is 223 g/mol. The van der Waals surface area contributed by atoms with Gasteiger partial charge in [-0.25, -0.2) is 4.39 Å². The molecule has 0 unspecified atom stereocenters. The number of benzene rings is 1. The van der Waals surface area contributed by atoms with Gasteiger partial charge in [0, 0.05) is 5.56 Å². The summed E-state index contributed by atoms with van der Waals surface area (Å²) in [4.78, 5) is 0. The maximum absolute atomic E-state index is 12.8. The molecule has 0 amide bonds. The summed E-state index contributed by atoms with van der Waals surface area (Å²) in [5.41, 5.74) is 6.74. The second-order valence-corrected chi connectivity index (χ2v) is 3.57. The number of furan rings is 1. The van der Waals surface area contributed by atoms with E-state index >= 15 is 0 Å². The maximum atomic E-state index is 12.8. The van der Waals surface area contributed by atoms with Crippen molar-refractivity contribution in [3.05, 3.63) is 47.5 Å². The number of aryl methyl sites for hydroxylation is 1. The van der Waals surface area contributed by atoms with Crippen molar-refractivity contribution in [2.24, 2.45) is 10.9 Å². The molecule has 0 aliphatic rings. The van der Waals surface area contributed by atoms with Crippen molar-refractivity contribution in [1.82, 2.24) is 0 Å². The smallest absolute Gasteiger partial charge is 0.173 e. The molecule has 2 rings (SSSR count). The summed E-state index contributed by atoms with van der Waals surface area (Å²) in [6.07, 6.45) is 0. The maximum Gasteiger partial charge on any atom is 0.173 e. The predicted molar refractivity (Wildman–Crippen MR) is 61.3 cm³/mol. The van der Waals surface area contributed by atoms with Crippen LogP contribution in [0.5, 0.6) is 0 Å². The van der Waals surface area contributed by atoms with Gasteiger partial charge in [0.15, 0.2) is 5.84 Å². The van der Waals surface area contributed by atoms with E-state index in [1.54, 1.807) is 25.1 Å². The van der Waals surface area contributed by atoms with E-state index in [0.717, 1.165) is 5.56 Å². The Kier molecular flexibility index (Phi) is 2.82. The first kappa shape index (κ1) is 11.2. The van der Waals surface area contributed by atoms with Crippen LogP contribution in [-0.4, -0.2) is 11.0 Å². The lowest BCUT2D eigenvalue weighted by molar-refractivity contribution is 0.318. The van der Waals surface area contributed by atoms with Gasteiger partial charge in [-0.05, 0) is 37.3 Å². The number of nitrogens with two attached hydrogens (primary N) is 1. The van der Waals surface area contributed by atoms with Crippen LogP contribution in [0.1, 0.15) is 11.3 Å². The summed E-state index contributed by atoms with van der Waals surface area (Å²) in [6.45, 7) is 1.71. The van der Waals surface area contributed by atoms with Crippen LogP contribution < -0.4 is 5.73 Å². The van der Waals surface area contributed by atoms with Crippen molar-refractivity contribution in [3.63, 3.8) is 0 Å². The molecule has 2 aromatic rings. The van der Waals surface area contributed by atoms with Crippen LogP contribution in [-0.2, 0) is 0 Å². The van der Waals surface area contributed by atoms with Gasteiger partial charge in [0.2, 0.25) is 0 Å². The first-order valence-corrected chi connectivity index (χ1v) is 4.96. The standard InChI is InChI=1S/C12H11FN2O2/c1-7-10(12(14)15-16)6-11(17-7)8-2-4-9(13)5-3-8/h2-6,16H,1H3,(H2,14,15). The van der Waals surface area contributed by atoms with Crippen molar-refractivity contribution in [2.45, 2.75) is 6.92 Å². The SMILES string of the molecule is Cc1oc(-c2ccc(F)cc2)cc1C(N)=NO. The molecule has 0 atom stereocenters. The first-order chi connectivity index (χ1) is 8.11. The largest absolute Gasteiger partial charge is 0.461 e. The van der Waals surface area contributed by atoms with Gasteiger partial charge in [0.25, 0.3) is 0 Å². The average molecular weight is 234 g/mol. The summed E-state index contributed by atoms with van der Waals surface area (Å²) in [5.74, 6) is 0.761. The number of nitrogens with zero attached hydrogens (tertiary/aromatic N) is 1. The third kappa shape index (κ3) is 2.13. The van der Waals surface area contributed by atoms with Gasteiger partial charge in [0.05, 0.1) is 5.56 Å². The Morgan fingerprint density at radius 3 is 2.59 bits per heavy atom. The van der Waals surface area contributed by atoms with Crippen molar-refractivity contribution in [1.29, 1.82) is 0 Å². The molecule has 1 heterocycles. The Morgan fingerprint density at radius 2 is 2.00 bits per heavy atom. The molecule has 1 aromatic carbocycles. The Balaban J connectivity index is 2.44. The minimum Gasteiger partial charge on any atom is -0.461 e. The van der Waals surface area contributed by atoms with Gasteiger partial charge in [-0.2, -0.15) is 0 Å². The third-order valence-electron chi connectivity index (χ3n) is 2.43. The zero-order valence-electron chi connectivity index (χ0n) is 9.14. The monoisotopic (exact) mass is 234 g/mol. The number of hydrogen-bond acceptors (Lipinski definition) is 3. The molecule has 0 fully saturated rings. The number of rotatable bonds is 2. The zero-order valence-corrected chi connectivity index (χ0v) is 9.14. The number of halogens is 1. The molecule has 1 aromatic heterocycles. The molecule has 17 heavy (non-hydrogen) atoms. The number of amidine groups is 1. The van der Waals surface area contributed by atoms with E-state index in [-0.39, 0.29) is 11.7 Å². The van der Waals surface area contributed by atoms with Gasteiger partial charge in [-0.1, -0.05) is 5.16 Å². The molecule has 0 saturated carbocycles. The number of oxime groups is 1. The van der Waals surface area contributed by atoms with Crippen LogP contribution in [0.15, 0.2) is 39.9 Å². The second kappa shape index (κ2) is 4.29. The highest BCUT2D eigenvalue weighted by Crippen LogP contribution is 2.25. The number of hydrogen-bond donors (Lipinski definition) is 2. The van der Waals surface area contributed by atoms with Crippen LogP contribution in [0.3, 0.4) is 0 Å². The van der Waals surface area contributed by atoms with E-state index in [9.17, 15) is 4.39 Å². The topological polar surface area (TPSA) is 71.8 Å². The fourth-order valence-corrected chi connectivity index (χ4v) is 1.55. The average Bonchev–Trinajstić information content (AvgIpc) is 2.71. The summed E-state index contributed by atoms with van der Waals surface area (Å²) in [5, 5.41) is 11.5. The van der Waals surface area contributed by atoms with Gasteiger partial charge < -0.3 is 15.4 Å². The highest BCUT2D eigenvalue weighted by Gasteiger charge is 2.12. The Labute approximate surface area is 97.2 Å². The van der Waals surface area contributed by atoms with Gasteiger partial charge >= 0.3 is 0 Å². The fraction of sp³-hybridized carbons (Fsp3) is 0.0833. The molecule has 5 heteroatoms. The quantitative estimate of drug-likeness (QED) is 0.363. The zero-order chi connectivity index (χ0) is 12.4. The lowest BCUT2D eigenvalue weighted by Gasteiger charge is -1.95. The molecule has 0 spiro atoms. The van der Waals surface area contributed by atoms with Crippen molar-refractivity contribution >= 4 is 5.84 Å². The minimum absolute atomic E-state index is 0.0142. The van der Waals surface area contributed by atoms with E-state index in [2.05, 4.69) is 5.16 Å². The predicted octanol–water partition coefficient (Wildman–Crippen LogP) is 2.49. The van der Waals surface area contributed by atoms with Crippen LogP contribution in [0, 0.1) is 12.7 Å². The molecule has 88 valence electrons. The summed E-state index contributed by atoms with van der Waals surface area (Å²) in [7, 11) is 0. The fourth-order valence-electron chi connectivity index (χ4n) is 1.55. The van der Waals surface area contributed by atoms with E-state index < -0.39 is 0 Å². The van der Waals surface area contributed by atoms with Crippen LogP contribution in [0.4, 0.5) is 4.39 Å². The first-order valence-electron chi connectivity index (χ1n) is 4.96. The van der Waals surface area contributed by atoms with Crippen LogP contribution in [0.2, 0.25) is 0 Å². The molecule has 4 nitrogen and oxygen atoms in total. The lowest BCUT2D eigenvalue weighted by atomic mass is 10.1. The lowest BCUT2D eigenvalue weighted by Crippen LogP contribution is -2.12. The molecule has 0 saturated heterocycles. The van der Waals surface area contributed by atoms with E-state index in [1.807, 2.05) is 0 Å². The second-order valence-electron chi connectivity index (χ2n) is 3.57. The molecular formula is C12H11FN2O2. The van der Waals surface area contributed by atoms with Crippen LogP contribution >= 0.6 is 0 Å². The molecule has 0 bridgehead atoms.